The summed E-state index contributed by atoms with van der Waals surface area (Å²) in [5.41, 5.74) is 0.556. The highest BCUT2D eigenvalue weighted by Crippen LogP contribution is 2.20. The molecule has 22 heavy (non-hydrogen) atoms. The van der Waals surface area contributed by atoms with Gasteiger partial charge in [-0.15, -0.1) is 0 Å². The molecule has 0 saturated carbocycles. The minimum absolute atomic E-state index is 0.0529. The second kappa shape index (κ2) is 7.54. The van der Waals surface area contributed by atoms with Gasteiger partial charge >= 0.3 is 6.09 Å². The monoisotopic (exact) mass is 313 g/mol. The van der Waals surface area contributed by atoms with Gasteiger partial charge in [-0.1, -0.05) is 6.92 Å². The van der Waals surface area contributed by atoms with Gasteiger partial charge in [0.2, 0.25) is 0 Å². The molecule has 0 aliphatic carbocycles. The zero-order valence-electron chi connectivity index (χ0n) is 12.8. The van der Waals surface area contributed by atoms with Gasteiger partial charge < -0.3 is 14.8 Å². The van der Waals surface area contributed by atoms with E-state index in [1.807, 2.05) is 13.8 Å². The fraction of sp³-hybridized carbons (Fsp3) is 0.562. The minimum atomic E-state index is -0.599. The van der Waals surface area contributed by atoms with E-state index in [4.69, 9.17) is 9.47 Å². The van der Waals surface area contributed by atoms with Crippen molar-refractivity contribution in [2.75, 3.05) is 6.61 Å². The number of ether oxygens (including phenoxy) is 2. The van der Waals surface area contributed by atoms with Crippen LogP contribution in [0.25, 0.3) is 0 Å². The van der Waals surface area contributed by atoms with E-state index in [1.54, 1.807) is 0 Å². The number of benzene rings is 1. The molecule has 1 aliphatic heterocycles. The number of amides is 1. The third kappa shape index (κ3) is 5.26. The molecule has 0 aromatic heterocycles. The van der Waals surface area contributed by atoms with Crippen LogP contribution in [0.4, 0.5) is 13.6 Å². The van der Waals surface area contributed by atoms with Gasteiger partial charge in [0.15, 0.2) is 0 Å². The number of epoxide rings is 1. The molecule has 0 bridgehead atoms. The van der Waals surface area contributed by atoms with Crippen molar-refractivity contribution in [3.63, 3.8) is 0 Å². The lowest BCUT2D eigenvalue weighted by atomic mass is 10.0. The highest BCUT2D eigenvalue weighted by molar-refractivity contribution is 5.67. The lowest BCUT2D eigenvalue weighted by Gasteiger charge is -2.18. The lowest BCUT2D eigenvalue weighted by molar-refractivity contribution is 0.0994. The summed E-state index contributed by atoms with van der Waals surface area (Å²) >= 11 is 0. The molecule has 2 rings (SSSR count). The molecule has 122 valence electrons. The lowest BCUT2D eigenvalue weighted by Crippen LogP contribution is -2.40. The average molecular weight is 313 g/mol. The fourth-order valence-corrected chi connectivity index (χ4v) is 2.17. The maximum Gasteiger partial charge on any atom is 0.407 e. The molecule has 1 aromatic rings. The van der Waals surface area contributed by atoms with E-state index >= 15 is 0 Å². The molecule has 1 fully saturated rings. The van der Waals surface area contributed by atoms with Crippen molar-refractivity contribution in [1.82, 2.24) is 5.32 Å². The Morgan fingerprint density at radius 3 is 2.59 bits per heavy atom. The van der Waals surface area contributed by atoms with Gasteiger partial charge in [-0.3, -0.25) is 0 Å². The Bertz CT molecular complexity index is 500. The maximum atomic E-state index is 13.2. The van der Waals surface area contributed by atoms with Gasteiger partial charge in [-0.2, -0.15) is 0 Å². The summed E-state index contributed by atoms with van der Waals surface area (Å²) in [6, 6.07) is 3.21. The Hall–Kier alpha value is -1.69. The zero-order chi connectivity index (χ0) is 16.1. The molecule has 6 heteroatoms. The predicted molar refractivity (Wildman–Crippen MR) is 77.6 cm³/mol. The largest absolute Gasteiger partial charge is 0.447 e. The molecule has 3 atom stereocenters. The van der Waals surface area contributed by atoms with Crippen molar-refractivity contribution < 1.29 is 23.0 Å². The van der Waals surface area contributed by atoms with Crippen LogP contribution < -0.4 is 5.32 Å². The Labute approximate surface area is 128 Å². The van der Waals surface area contributed by atoms with Crippen molar-refractivity contribution >= 4 is 6.09 Å². The fourth-order valence-electron chi connectivity index (χ4n) is 2.17. The molecular formula is C16H21F2NO3. The molecule has 0 radical (unpaired) electrons. The molecule has 0 spiro atoms. The van der Waals surface area contributed by atoms with Crippen molar-refractivity contribution in [3.8, 4) is 0 Å². The number of nitrogens with one attached hydrogen (secondary N) is 1. The maximum absolute atomic E-state index is 13.2. The SMILES string of the molecule is CCC(C)OC(=O)N[C@@H](CCc1cc(F)cc(F)c1)[C@H]1CO1. The molecule has 1 heterocycles. The van der Waals surface area contributed by atoms with Crippen LogP contribution >= 0.6 is 0 Å². The van der Waals surface area contributed by atoms with Crippen molar-refractivity contribution in [3.05, 3.63) is 35.4 Å². The number of hydrogen-bond acceptors (Lipinski definition) is 3. The van der Waals surface area contributed by atoms with Gasteiger partial charge in [-0.25, -0.2) is 13.6 Å². The number of halogens is 2. The van der Waals surface area contributed by atoms with E-state index in [2.05, 4.69) is 5.32 Å². The van der Waals surface area contributed by atoms with Crippen molar-refractivity contribution in [1.29, 1.82) is 0 Å². The summed E-state index contributed by atoms with van der Waals surface area (Å²) in [6.45, 7) is 4.32. The minimum Gasteiger partial charge on any atom is -0.447 e. The van der Waals surface area contributed by atoms with E-state index in [9.17, 15) is 13.6 Å². The number of alkyl carbamates (subject to hydrolysis) is 1. The Kier molecular flexibility index (Phi) is 5.71. The quantitative estimate of drug-likeness (QED) is 0.787. The van der Waals surface area contributed by atoms with Crippen LogP contribution in [0.2, 0.25) is 0 Å². The van der Waals surface area contributed by atoms with Crippen LogP contribution in [0.3, 0.4) is 0 Å². The number of rotatable bonds is 7. The molecular weight excluding hydrogens is 292 g/mol. The van der Waals surface area contributed by atoms with E-state index in [0.29, 0.717) is 25.0 Å². The topological polar surface area (TPSA) is 50.9 Å². The molecule has 1 aromatic carbocycles. The highest BCUT2D eigenvalue weighted by atomic mass is 19.1. The summed E-state index contributed by atoms with van der Waals surface area (Å²) < 4.78 is 36.7. The highest BCUT2D eigenvalue weighted by Gasteiger charge is 2.34. The van der Waals surface area contributed by atoms with Crippen LogP contribution in [-0.2, 0) is 15.9 Å². The van der Waals surface area contributed by atoms with Crippen LogP contribution in [-0.4, -0.2) is 30.9 Å². The van der Waals surface area contributed by atoms with Crippen LogP contribution in [0.15, 0.2) is 18.2 Å². The van der Waals surface area contributed by atoms with Crippen LogP contribution in [0.5, 0.6) is 0 Å². The van der Waals surface area contributed by atoms with E-state index in [1.165, 1.54) is 12.1 Å². The number of hydrogen-bond donors (Lipinski definition) is 1. The van der Waals surface area contributed by atoms with Crippen molar-refractivity contribution in [2.45, 2.75) is 51.4 Å². The third-order valence-corrected chi connectivity index (χ3v) is 3.66. The first-order valence-electron chi connectivity index (χ1n) is 7.51. The van der Waals surface area contributed by atoms with Crippen LogP contribution in [0, 0.1) is 11.6 Å². The van der Waals surface area contributed by atoms with Gasteiger partial charge in [0, 0.05) is 6.07 Å². The van der Waals surface area contributed by atoms with E-state index < -0.39 is 17.7 Å². The van der Waals surface area contributed by atoms with E-state index in [-0.39, 0.29) is 18.2 Å². The smallest absolute Gasteiger partial charge is 0.407 e. The van der Waals surface area contributed by atoms with Gasteiger partial charge in [0.25, 0.3) is 0 Å². The third-order valence-electron chi connectivity index (χ3n) is 3.66. The van der Waals surface area contributed by atoms with Gasteiger partial charge in [-0.05, 0) is 43.9 Å². The van der Waals surface area contributed by atoms with Gasteiger partial charge in [0.1, 0.15) is 23.8 Å². The molecule has 1 N–H and O–H groups in total. The summed E-state index contributed by atoms with van der Waals surface area (Å²) in [5.74, 6) is -1.20. The molecule has 1 amide bonds. The predicted octanol–water partition coefficient (Wildman–Crippen LogP) is 3.19. The first kappa shape index (κ1) is 16.7. The first-order chi connectivity index (χ1) is 10.5. The van der Waals surface area contributed by atoms with Crippen molar-refractivity contribution in [2.24, 2.45) is 0 Å². The molecule has 4 nitrogen and oxygen atoms in total. The zero-order valence-corrected chi connectivity index (χ0v) is 12.8. The van der Waals surface area contributed by atoms with Gasteiger partial charge in [0.05, 0.1) is 12.6 Å². The summed E-state index contributed by atoms with van der Waals surface area (Å²) in [5, 5.41) is 2.77. The van der Waals surface area contributed by atoms with Crippen LogP contribution in [0.1, 0.15) is 32.3 Å². The number of aryl methyl sites for hydroxylation is 1. The first-order valence-corrected chi connectivity index (χ1v) is 7.51. The normalized spacial score (nSPS) is 19.4. The average Bonchev–Trinajstić information content (AvgIpc) is 3.26. The molecule has 1 unspecified atom stereocenters. The molecule has 1 aliphatic rings. The standard InChI is InChI=1S/C16H21F2NO3/c1-3-10(2)22-16(20)19-14(15-9-21-15)5-4-11-6-12(17)8-13(18)7-11/h6-8,10,14-15H,3-5,9H2,1-2H3,(H,19,20)/t10?,14-,15+/m0/s1. The number of carbonyl (C=O) groups excluding carboxylic acids is 1. The Morgan fingerprint density at radius 2 is 2.05 bits per heavy atom. The molecule has 1 saturated heterocycles. The summed E-state index contributed by atoms with van der Waals surface area (Å²) in [6.07, 6.45) is 1.02. The summed E-state index contributed by atoms with van der Waals surface area (Å²) in [4.78, 5) is 11.8. The van der Waals surface area contributed by atoms with E-state index in [0.717, 1.165) is 12.5 Å². The second-order valence-electron chi connectivity index (χ2n) is 5.56. The second-order valence-corrected chi connectivity index (χ2v) is 5.56. The Balaban J connectivity index is 1.88. The summed E-state index contributed by atoms with van der Waals surface area (Å²) in [7, 11) is 0. The Morgan fingerprint density at radius 1 is 1.41 bits per heavy atom. The number of carbonyl (C=O) groups is 1.